The van der Waals surface area contributed by atoms with Crippen LogP contribution < -0.4 is 4.90 Å². The van der Waals surface area contributed by atoms with Crippen LogP contribution in [0, 0.1) is 0 Å². The van der Waals surface area contributed by atoms with E-state index in [0.717, 1.165) is 17.0 Å². The highest BCUT2D eigenvalue weighted by Gasteiger charge is 2.32. The molecule has 1 aliphatic rings. The van der Waals surface area contributed by atoms with E-state index in [-0.39, 0.29) is 18.4 Å². The lowest BCUT2D eigenvalue weighted by molar-refractivity contribution is -0.168. The minimum atomic E-state index is -1.04. The lowest BCUT2D eigenvalue weighted by Gasteiger charge is -2.34. The number of aromatic nitrogens is 1. The number of aryl methyl sites for hydroxylation is 1. The number of hydrogen-bond donors (Lipinski definition) is 1. The number of anilines is 1. The minimum absolute atomic E-state index is 0.172. The Morgan fingerprint density at radius 1 is 1.57 bits per heavy atom. The van der Waals surface area contributed by atoms with Gasteiger partial charge in [-0.3, -0.25) is 14.5 Å². The molecule has 7 nitrogen and oxygen atoms in total. The van der Waals surface area contributed by atoms with Gasteiger partial charge in [0.2, 0.25) is 5.91 Å². The van der Waals surface area contributed by atoms with E-state index < -0.39 is 6.09 Å². The van der Waals surface area contributed by atoms with E-state index in [1.807, 2.05) is 6.07 Å². The van der Waals surface area contributed by atoms with Crippen molar-refractivity contribution in [2.24, 2.45) is 0 Å². The Morgan fingerprint density at radius 3 is 3.00 bits per heavy atom. The number of fused-ring (bicyclic) bond motifs is 1. The van der Waals surface area contributed by atoms with Crippen LogP contribution in [-0.4, -0.2) is 47.4 Å². The van der Waals surface area contributed by atoms with Gasteiger partial charge in [0.05, 0.1) is 7.11 Å². The molecule has 0 saturated carbocycles. The van der Waals surface area contributed by atoms with Gasteiger partial charge in [-0.1, -0.05) is 6.07 Å². The first-order valence-corrected chi connectivity index (χ1v) is 6.81. The van der Waals surface area contributed by atoms with Crippen molar-refractivity contribution in [2.45, 2.75) is 31.7 Å². The Labute approximate surface area is 123 Å². The third-order valence-corrected chi connectivity index (χ3v) is 3.73. The highest BCUT2D eigenvalue weighted by Crippen LogP contribution is 2.30. The predicted molar refractivity (Wildman–Crippen MR) is 75.9 cm³/mol. The van der Waals surface area contributed by atoms with Crippen LogP contribution in [0.1, 0.15) is 24.8 Å². The molecule has 7 heteroatoms. The molecule has 0 radical (unpaired) electrons. The van der Waals surface area contributed by atoms with Crippen molar-refractivity contribution in [3.05, 3.63) is 23.9 Å². The van der Waals surface area contributed by atoms with Crippen molar-refractivity contribution < 1.29 is 19.5 Å². The Bertz CT molecular complexity index is 535. The van der Waals surface area contributed by atoms with Gasteiger partial charge in [0, 0.05) is 25.7 Å². The monoisotopic (exact) mass is 293 g/mol. The molecular formula is C14H19N3O4. The molecule has 1 aliphatic heterocycles. The second-order valence-electron chi connectivity index (χ2n) is 4.94. The van der Waals surface area contributed by atoms with E-state index in [9.17, 15) is 14.7 Å². The molecule has 1 unspecified atom stereocenters. The molecule has 0 bridgehead atoms. The summed E-state index contributed by atoms with van der Waals surface area (Å²) >= 11 is 0. The van der Waals surface area contributed by atoms with Gasteiger partial charge in [0.25, 0.3) is 0 Å². The van der Waals surface area contributed by atoms with E-state index >= 15 is 0 Å². The lowest BCUT2D eigenvalue weighted by atomic mass is 9.95. The molecule has 2 amide bonds. The van der Waals surface area contributed by atoms with Crippen LogP contribution in [0.15, 0.2) is 18.3 Å². The zero-order valence-corrected chi connectivity index (χ0v) is 12.2. The average molecular weight is 293 g/mol. The third-order valence-electron chi connectivity index (χ3n) is 3.73. The molecule has 2 rings (SSSR count). The Kier molecular flexibility index (Phi) is 4.74. The van der Waals surface area contributed by atoms with Gasteiger partial charge in [0.15, 0.2) is 0 Å². The maximum absolute atomic E-state index is 11.8. The van der Waals surface area contributed by atoms with E-state index in [1.165, 1.54) is 19.1 Å². The number of hydrogen-bond acceptors (Lipinski definition) is 4. The summed E-state index contributed by atoms with van der Waals surface area (Å²) in [5.41, 5.74) is 0.927. The zero-order chi connectivity index (χ0) is 15.4. The number of rotatable bonds is 4. The largest absolute Gasteiger partial charge is 0.465 e. The molecule has 0 fully saturated rings. The summed E-state index contributed by atoms with van der Waals surface area (Å²) in [4.78, 5) is 33.6. The van der Waals surface area contributed by atoms with E-state index in [0.29, 0.717) is 18.7 Å². The normalized spacial score (nSPS) is 17.2. The standard InChI is InChI=1S/C14H19N3O4/c1-16(21-2)12(18)8-7-11-6-5-10-4-3-9-15-13(10)17(11)14(19)20/h3-4,9,11H,5-8H2,1-2H3,(H,19,20). The minimum Gasteiger partial charge on any atom is -0.465 e. The Balaban J connectivity index is 2.10. The average Bonchev–Trinajstić information content (AvgIpc) is 2.50. The summed E-state index contributed by atoms with van der Waals surface area (Å²) in [6.07, 6.45) is 2.70. The molecule has 1 aromatic rings. The summed E-state index contributed by atoms with van der Waals surface area (Å²) in [7, 11) is 2.96. The molecular weight excluding hydrogens is 274 g/mol. The highest BCUT2D eigenvalue weighted by atomic mass is 16.7. The maximum Gasteiger partial charge on any atom is 0.413 e. The topological polar surface area (TPSA) is 83.0 Å². The Morgan fingerprint density at radius 2 is 2.33 bits per heavy atom. The van der Waals surface area contributed by atoms with Crippen molar-refractivity contribution in [1.29, 1.82) is 0 Å². The van der Waals surface area contributed by atoms with Crippen LogP contribution in [0.2, 0.25) is 0 Å². The highest BCUT2D eigenvalue weighted by molar-refractivity contribution is 5.87. The van der Waals surface area contributed by atoms with E-state index in [4.69, 9.17) is 4.84 Å². The van der Waals surface area contributed by atoms with Crippen molar-refractivity contribution in [2.75, 3.05) is 19.1 Å². The van der Waals surface area contributed by atoms with Gasteiger partial charge in [-0.2, -0.15) is 0 Å². The molecule has 0 aliphatic carbocycles. The molecule has 1 atom stereocenters. The number of amides is 2. The van der Waals surface area contributed by atoms with Crippen LogP contribution in [-0.2, 0) is 16.1 Å². The zero-order valence-electron chi connectivity index (χ0n) is 12.2. The smallest absolute Gasteiger partial charge is 0.413 e. The first kappa shape index (κ1) is 15.2. The van der Waals surface area contributed by atoms with Crippen LogP contribution >= 0.6 is 0 Å². The van der Waals surface area contributed by atoms with Crippen molar-refractivity contribution in [1.82, 2.24) is 10.0 Å². The first-order chi connectivity index (χ1) is 10.0. The summed E-state index contributed by atoms with van der Waals surface area (Å²) < 4.78 is 0. The summed E-state index contributed by atoms with van der Waals surface area (Å²) in [6, 6.07) is 3.45. The molecule has 21 heavy (non-hydrogen) atoms. The summed E-state index contributed by atoms with van der Waals surface area (Å²) in [5, 5.41) is 10.6. The SMILES string of the molecule is CON(C)C(=O)CCC1CCc2cccnc2N1C(=O)O. The first-order valence-electron chi connectivity index (χ1n) is 6.81. The number of pyridine rings is 1. The molecule has 1 aromatic heterocycles. The van der Waals surface area contributed by atoms with Gasteiger partial charge >= 0.3 is 6.09 Å². The second kappa shape index (κ2) is 6.53. The molecule has 2 heterocycles. The number of carboxylic acid groups (broad SMARTS) is 1. The van der Waals surface area contributed by atoms with Crippen LogP contribution in [0.4, 0.5) is 10.6 Å². The van der Waals surface area contributed by atoms with Gasteiger partial charge < -0.3 is 5.11 Å². The van der Waals surface area contributed by atoms with Crippen LogP contribution in [0.5, 0.6) is 0 Å². The number of hydroxylamine groups is 2. The van der Waals surface area contributed by atoms with E-state index in [2.05, 4.69) is 4.98 Å². The molecule has 0 spiro atoms. The van der Waals surface area contributed by atoms with Crippen molar-refractivity contribution in [3.8, 4) is 0 Å². The predicted octanol–water partition coefficient (Wildman–Crippen LogP) is 1.68. The second-order valence-corrected chi connectivity index (χ2v) is 4.94. The van der Waals surface area contributed by atoms with Crippen molar-refractivity contribution >= 4 is 17.8 Å². The van der Waals surface area contributed by atoms with E-state index in [1.54, 1.807) is 12.3 Å². The van der Waals surface area contributed by atoms with Gasteiger partial charge in [-0.15, -0.1) is 0 Å². The van der Waals surface area contributed by atoms with Crippen LogP contribution in [0.3, 0.4) is 0 Å². The molecule has 0 aromatic carbocycles. The van der Waals surface area contributed by atoms with Gasteiger partial charge in [-0.25, -0.2) is 14.8 Å². The molecule has 114 valence electrons. The van der Waals surface area contributed by atoms with Crippen molar-refractivity contribution in [3.63, 3.8) is 0 Å². The number of carbonyl (C=O) groups excluding carboxylic acids is 1. The number of carbonyl (C=O) groups is 2. The number of nitrogens with zero attached hydrogens (tertiary/aromatic N) is 3. The molecule has 1 N–H and O–H groups in total. The van der Waals surface area contributed by atoms with Gasteiger partial charge in [0.1, 0.15) is 5.82 Å². The fourth-order valence-corrected chi connectivity index (χ4v) is 2.54. The molecule has 0 saturated heterocycles. The quantitative estimate of drug-likeness (QED) is 0.854. The maximum atomic E-state index is 11.8. The summed E-state index contributed by atoms with van der Waals surface area (Å²) in [5.74, 6) is 0.309. The fourth-order valence-electron chi connectivity index (χ4n) is 2.54. The lowest BCUT2D eigenvalue weighted by Crippen LogP contribution is -2.44. The van der Waals surface area contributed by atoms with Crippen LogP contribution in [0.25, 0.3) is 0 Å². The van der Waals surface area contributed by atoms with Gasteiger partial charge in [-0.05, 0) is 30.9 Å². The Hall–Kier alpha value is -2.15. The summed E-state index contributed by atoms with van der Waals surface area (Å²) in [6.45, 7) is 0. The third kappa shape index (κ3) is 3.30. The fraction of sp³-hybridized carbons (Fsp3) is 0.500.